The van der Waals surface area contributed by atoms with Crippen molar-refractivity contribution in [2.24, 2.45) is 0 Å². The number of amides is 1. The van der Waals surface area contributed by atoms with Crippen LogP contribution in [0.4, 0.5) is 4.79 Å². The van der Waals surface area contributed by atoms with Gasteiger partial charge in [-0.3, -0.25) is 4.90 Å². The standard InChI is InChI=1S/C21H28N3O5P/c1-21(2,3)29-20(26)24-7-6-14(9-16(24)19(25)27-4)28-17-8-13-11-22-12-23-15(13)10-18(17)30-5/h8,10-12,14,16,30H,6-7,9H2,1-5H3. The van der Waals surface area contributed by atoms with Gasteiger partial charge in [-0.05, 0) is 39.6 Å². The number of ether oxygens (including phenoxy) is 3. The quantitative estimate of drug-likeness (QED) is 0.541. The highest BCUT2D eigenvalue weighted by molar-refractivity contribution is 7.46. The molecule has 1 aliphatic rings. The minimum absolute atomic E-state index is 0.232. The zero-order valence-electron chi connectivity index (χ0n) is 18.0. The number of hydrogen-bond acceptors (Lipinski definition) is 7. The molecule has 0 bridgehead atoms. The van der Waals surface area contributed by atoms with Crippen molar-refractivity contribution in [3.05, 3.63) is 24.7 Å². The maximum Gasteiger partial charge on any atom is 0.411 e. The second-order valence-electron chi connectivity index (χ2n) is 8.16. The molecule has 3 unspecified atom stereocenters. The van der Waals surface area contributed by atoms with Gasteiger partial charge in [-0.25, -0.2) is 19.6 Å². The molecule has 1 saturated heterocycles. The molecule has 0 N–H and O–H groups in total. The Morgan fingerprint density at radius 3 is 2.70 bits per heavy atom. The summed E-state index contributed by atoms with van der Waals surface area (Å²) in [4.78, 5) is 34.8. The fourth-order valence-electron chi connectivity index (χ4n) is 3.42. The lowest BCUT2D eigenvalue weighted by molar-refractivity contribution is -0.149. The van der Waals surface area contributed by atoms with Crippen molar-refractivity contribution in [1.82, 2.24) is 14.9 Å². The second kappa shape index (κ2) is 9.13. The van der Waals surface area contributed by atoms with Gasteiger partial charge in [0.05, 0.1) is 12.6 Å². The smallest absolute Gasteiger partial charge is 0.411 e. The van der Waals surface area contributed by atoms with Crippen molar-refractivity contribution < 1.29 is 23.8 Å². The third kappa shape index (κ3) is 5.17. The fourth-order valence-corrected chi connectivity index (χ4v) is 4.08. The number of carbonyl (C=O) groups excluding carboxylic acids is 2. The summed E-state index contributed by atoms with van der Waals surface area (Å²) in [5.41, 5.74) is 0.226. The molecule has 1 amide bonds. The van der Waals surface area contributed by atoms with Crippen LogP contribution >= 0.6 is 8.58 Å². The Morgan fingerprint density at radius 2 is 2.03 bits per heavy atom. The summed E-state index contributed by atoms with van der Waals surface area (Å²) in [7, 11) is 1.84. The molecule has 30 heavy (non-hydrogen) atoms. The van der Waals surface area contributed by atoms with Crippen molar-refractivity contribution in [3.8, 4) is 5.75 Å². The molecule has 1 aromatic heterocycles. The predicted octanol–water partition coefficient (Wildman–Crippen LogP) is 2.88. The number of piperidine rings is 1. The number of rotatable bonds is 4. The van der Waals surface area contributed by atoms with Gasteiger partial charge in [0.2, 0.25) is 0 Å². The van der Waals surface area contributed by atoms with Crippen LogP contribution in [-0.2, 0) is 14.3 Å². The minimum atomic E-state index is -0.750. The number of hydrogen-bond donors (Lipinski definition) is 0. The first-order chi connectivity index (χ1) is 14.2. The summed E-state index contributed by atoms with van der Waals surface area (Å²) >= 11 is 0. The van der Waals surface area contributed by atoms with Crippen LogP contribution in [0.15, 0.2) is 24.7 Å². The lowest BCUT2D eigenvalue weighted by atomic mass is 9.99. The van der Waals surface area contributed by atoms with Crippen LogP contribution in [0.3, 0.4) is 0 Å². The third-order valence-electron chi connectivity index (χ3n) is 4.82. The van der Waals surface area contributed by atoms with Crippen LogP contribution in [0.2, 0.25) is 0 Å². The van der Waals surface area contributed by atoms with Crippen LogP contribution in [0.1, 0.15) is 33.6 Å². The Bertz CT molecular complexity index is 930. The van der Waals surface area contributed by atoms with E-state index in [0.29, 0.717) is 28.0 Å². The number of esters is 1. The molecule has 0 saturated carbocycles. The van der Waals surface area contributed by atoms with E-state index in [9.17, 15) is 9.59 Å². The van der Waals surface area contributed by atoms with E-state index in [-0.39, 0.29) is 6.10 Å². The number of fused-ring (bicyclic) bond motifs is 1. The lowest BCUT2D eigenvalue weighted by Crippen LogP contribution is -2.54. The van der Waals surface area contributed by atoms with E-state index in [0.717, 1.165) is 22.0 Å². The largest absolute Gasteiger partial charge is 0.490 e. The molecule has 8 nitrogen and oxygen atoms in total. The highest BCUT2D eigenvalue weighted by atomic mass is 31.1. The summed E-state index contributed by atoms with van der Waals surface area (Å²) in [6.07, 6.45) is 3.45. The number of likely N-dealkylation sites (tertiary alicyclic amines) is 1. The monoisotopic (exact) mass is 433 g/mol. The van der Waals surface area contributed by atoms with E-state index in [1.165, 1.54) is 18.3 Å². The van der Waals surface area contributed by atoms with Gasteiger partial charge in [-0.2, -0.15) is 0 Å². The molecular weight excluding hydrogens is 405 g/mol. The molecule has 1 aromatic carbocycles. The van der Waals surface area contributed by atoms with Crippen LogP contribution in [0.25, 0.3) is 10.9 Å². The normalized spacial score (nSPS) is 19.8. The first-order valence-electron chi connectivity index (χ1n) is 9.87. The van der Waals surface area contributed by atoms with Gasteiger partial charge in [0.25, 0.3) is 0 Å². The number of methoxy groups -OCH3 is 1. The molecule has 2 heterocycles. The lowest BCUT2D eigenvalue weighted by Gasteiger charge is -2.38. The van der Waals surface area contributed by atoms with Crippen LogP contribution in [0.5, 0.6) is 5.75 Å². The van der Waals surface area contributed by atoms with E-state index in [4.69, 9.17) is 14.2 Å². The summed E-state index contributed by atoms with van der Waals surface area (Å²) in [6.45, 7) is 7.82. The molecule has 1 fully saturated rings. The van der Waals surface area contributed by atoms with E-state index in [1.54, 1.807) is 27.0 Å². The van der Waals surface area contributed by atoms with Crippen LogP contribution < -0.4 is 10.0 Å². The number of carbonyl (C=O) groups is 2. The van der Waals surface area contributed by atoms with Crippen molar-refractivity contribution in [1.29, 1.82) is 0 Å². The average molecular weight is 433 g/mol. The summed E-state index contributed by atoms with van der Waals surface area (Å²) in [5.74, 6) is 0.288. The van der Waals surface area contributed by atoms with Gasteiger partial charge in [0.1, 0.15) is 29.8 Å². The molecule has 0 spiro atoms. The first-order valence-corrected chi connectivity index (χ1v) is 11.4. The molecule has 162 valence electrons. The van der Waals surface area contributed by atoms with Gasteiger partial charge in [-0.15, -0.1) is 0 Å². The van der Waals surface area contributed by atoms with Crippen molar-refractivity contribution in [2.75, 3.05) is 20.3 Å². The Balaban J connectivity index is 1.80. The van der Waals surface area contributed by atoms with Gasteiger partial charge in [0.15, 0.2) is 0 Å². The fraction of sp³-hybridized carbons (Fsp3) is 0.524. The van der Waals surface area contributed by atoms with Crippen molar-refractivity contribution in [3.63, 3.8) is 0 Å². The molecular formula is C21H28N3O5P. The average Bonchev–Trinajstić information content (AvgIpc) is 2.71. The van der Waals surface area contributed by atoms with Crippen molar-refractivity contribution >= 4 is 36.9 Å². The number of benzene rings is 1. The van der Waals surface area contributed by atoms with Gasteiger partial charge < -0.3 is 14.2 Å². The molecule has 0 aliphatic carbocycles. The first kappa shape index (κ1) is 22.2. The van der Waals surface area contributed by atoms with E-state index < -0.39 is 23.7 Å². The van der Waals surface area contributed by atoms with E-state index in [2.05, 4.69) is 16.6 Å². The molecule has 0 radical (unpaired) electrons. The van der Waals surface area contributed by atoms with E-state index >= 15 is 0 Å². The zero-order chi connectivity index (χ0) is 21.9. The highest BCUT2D eigenvalue weighted by Crippen LogP contribution is 2.28. The highest BCUT2D eigenvalue weighted by Gasteiger charge is 2.40. The summed E-state index contributed by atoms with van der Waals surface area (Å²) < 4.78 is 16.7. The van der Waals surface area contributed by atoms with E-state index in [1.807, 2.05) is 12.1 Å². The number of aromatic nitrogens is 2. The van der Waals surface area contributed by atoms with Gasteiger partial charge in [0, 0.05) is 36.3 Å². The minimum Gasteiger partial charge on any atom is -0.490 e. The maximum atomic E-state index is 12.6. The van der Waals surface area contributed by atoms with Gasteiger partial charge in [-0.1, -0.05) is 8.58 Å². The topological polar surface area (TPSA) is 90.9 Å². The summed E-state index contributed by atoms with van der Waals surface area (Å²) in [5, 5.41) is 1.95. The third-order valence-corrected chi connectivity index (χ3v) is 5.75. The van der Waals surface area contributed by atoms with Gasteiger partial charge >= 0.3 is 12.1 Å². The molecule has 3 rings (SSSR count). The SMILES string of the molecule is COC(=O)C1CC(Oc2cc3cncnc3cc2PC)CCN1C(=O)OC(C)(C)C. The summed E-state index contributed by atoms with van der Waals surface area (Å²) in [6, 6.07) is 3.20. The Labute approximate surface area is 178 Å². The predicted molar refractivity (Wildman–Crippen MR) is 116 cm³/mol. The Morgan fingerprint density at radius 1 is 1.27 bits per heavy atom. The Hall–Kier alpha value is -2.47. The zero-order valence-corrected chi connectivity index (χ0v) is 19.0. The molecule has 2 aromatic rings. The second-order valence-corrected chi connectivity index (χ2v) is 9.20. The maximum absolute atomic E-state index is 12.6. The number of nitrogens with zero attached hydrogens (tertiary/aromatic N) is 3. The molecule has 1 aliphatic heterocycles. The molecule has 3 atom stereocenters. The van der Waals surface area contributed by atoms with Crippen molar-refractivity contribution in [2.45, 2.75) is 51.4 Å². The van der Waals surface area contributed by atoms with Crippen LogP contribution in [0, 0.1) is 0 Å². The molecule has 9 heteroatoms. The Kier molecular flexibility index (Phi) is 6.76. The van der Waals surface area contributed by atoms with Crippen LogP contribution in [-0.4, -0.2) is 65.0 Å².